The van der Waals surface area contributed by atoms with Crippen molar-refractivity contribution >= 4 is 23.9 Å². The van der Waals surface area contributed by atoms with Crippen molar-refractivity contribution in [1.29, 1.82) is 0 Å². The fourth-order valence-corrected chi connectivity index (χ4v) is 2.21. The Morgan fingerprint density at radius 3 is 2.07 bits per heavy atom. The van der Waals surface area contributed by atoms with Crippen LogP contribution in [0.1, 0.15) is 52.9 Å². The third-order valence-corrected chi connectivity index (χ3v) is 3.58. The van der Waals surface area contributed by atoms with Gasteiger partial charge >= 0.3 is 12.1 Å². The number of primary amides is 2. The maximum atomic E-state index is 12.1. The van der Waals surface area contributed by atoms with Gasteiger partial charge in [-0.25, -0.2) is 9.59 Å². The summed E-state index contributed by atoms with van der Waals surface area (Å²) in [5.74, 6) is -1.15. The first kappa shape index (κ1) is 25.4. The van der Waals surface area contributed by atoms with Crippen molar-refractivity contribution in [1.82, 2.24) is 16.0 Å². The van der Waals surface area contributed by atoms with Crippen LogP contribution in [0.5, 0.6) is 0 Å². The number of urea groups is 1. The lowest BCUT2D eigenvalue weighted by atomic mass is 10.1. The number of carbonyl (C=O) groups is 4. The number of carbonyl (C=O) groups excluding carboxylic acids is 4. The van der Waals surface area contributed by atoms with Gasteiger partial charge in [0.2, 0.25) is 11.8 Å². The molecule has 0 radical (unpaired) electrons. The van der Waals surface area contributed by atoms with E-state index in [0.29, 0.717) is 45.2 Å². The van der Waals surface area contributed by atoms with Gasteiger partial charge in [-0.2, -0.15) is 0 Å². The van der Waals surface area contributed by atoms with Gasteiger partial charge in [-0.15, -0.1) is 0 Å². The lowest BCUT2D eigenvalue weighted by Gasteiger charge is -2.20. The van der Waals surface area contributed by atoms with Crippen LogP contribution < -0.4 is 33.2 Å². The molecule has 0 aromatic heterocycles. The van der Waals surface area contributed by atoms with Gasteiger partial charge in [0.15, 0.2) is 0 Å². The van der Waals surface area contributed by atoms with Gasteiger partial charge in [0.05, 0.1) is 6.04 Å². The van der Waals surface area contributed by atoms with Crippen LogP contribution in [0.25, 0.3) is 0 Å². The van der Waals surface area contributed by atoms with Crippen molar-refractivity contribution in [3.63, 3.8) is 0 Å². The number of rotatable bonds is 12. The molecular formula is C17H34N6O5. The molecule has 0 heterocycles. The molecule has 28 heavy (non-hydrogen) atoms. The normalized spacial score (nSPS) is 13.1. The molecule has 0 aromatic carbocycles. The molecule has 0 bridgehead atoms. The summed E-state index contributed by atoms with van der Waals surface area (Å²) < 4.78 is 5.11. The number of unbranched alkanes of at least 4 members (excludes halogenated alkanes) is 1. The summed E-state index contributed by atoms with van der Waals surface area (Å²) in [4.78, 5) is 45.7. The van der Waals surface area contributed by atoms with E-state index in [2.05, 4.69) is 16.0 Å². The van der Waals surface area contributed by atoms with Crippen LogP contribution in [0.2, 0.25) is 0 Å². The quantitative estimate of drug-likeness (QED) is 0.237. The number of alkyl carbamates (subject to hydrolysis) is 1. The smallest absolute Gasteiger partial charge is 0.407 e. The summed E-state index contributed by atoms with van der Waals surface area (Å²) in [6.45, 7) is 5.99. The minimum absolute atomic E-state index is 0.306. The molecule has 0 rings (SSSR count). The van der Waals surface area contributed by atoms with Crippen molar-refractivity contribution in [2.75, 3.05) is 13.1 Å². The van der Waals surface area contributed by atoms with Gasteiger partial charge < -0.3 is 37.9 Å². The Hall–Kier alpha value is -2.56. The lowest BCUT2D eigenvalue weighted by Crippen LogP contribution is -2.50. The van der Waals surface area contributed by atoms with E-state index in [1.165, 1.54) is 0 Å². The predicted molar refractivity (Wildman–Crippen MR) is 104 cm³/mol. The highest BCUT2D eigenvalue weighted by Gasteiger charge is 2.21. The number of hydrogen-bond acceptors (Lipinski definition) is 6. The van der Waals surface area contributed by atoms with E-state index in [1.54, 1.807) is 20.8 Å². The van der Waals surface area contributed by atoms with E-state index in [9.17, 15) is 19.2 Å². The summed E-state index contributed by atoms with van der Waals surface area (Å²) in [5, 5.41) is 7.55. The number of hydrogen-bond donors (Lipinski definition) is 6. The van der Waals surface area contributed by atoms with Crippen molar-refractivity contribution in [2.45, 2.75) is 70.6 Å². The Morgan fingerprint density at radius 1 is 0.929 bits per heavy atom. The van der Waals surface area contributed by atoms with Crippen molar-refractivity contribution in [3.8, 4) is 0 Å². The van der Waals surface area contributed by atoms with Crippen molar-refractivity contribution in [2.24, 2.45) is 17.2 Å². The topological polar surface area (TPSA) is 192 Å². The zero-order valence-electron chi connectivity index (χ0n) is 16.9. The molecule has 2 atom stereocenters. The standard InChI is InChI=1S/C17H34N6O5/c1-17(2,3)28-16(27)22-9-5-4-8-12(13(19)24)23-14(25)11(18)7-6-10-21-15(20)26/h11-12H,4-10,18H2,1-3H3,(H2,19,24)(H,22,27)(H,23,25)(H3,20,21,26)/t11-,12-/m0/s1. The minimum atomic E-state index is -0.844. The van der Waals surface area contributed by atoms with Crippen LogP contribution in [0.3, 0.4) is 0 Å². The molecule has 0 spiro atoms. The zero-order chi connectivity index (χ0) is 21.7. The van der Waals surface area contributed by atoms with E-state index in [-0.39, 0.29) is 0 Å². The Balaban J connectivity index is 4.14. The fourth-order valence-electron chi connectivity index (χ4n) is 2.21. The van der Waals surface area contributed by atoms with Gasteiger partial charge in [-0.05, 0) is 52.9 Å². The first-order chi connectivity index (χ1) is 12.9. The highest BCUT2D eigenvalue weighted by molar-refractivity contribution is 5.88. The van der Waals surface area contributed by atoms with Crippen molar-refractivity contribution in [3.05, 3.63) is 0 Å². The third-order valence-electron chi connectivity index (χ3n) is 3.58. The molecule has 0 saturated heterocycles. The van der Waals surface area contributed by atoms with Crippen LogP contribution in [0, 0.1) is 0 Å². The Bertz CT molecular complexity index is 535. The second-order valence-electron chi connectivity index (χ2n) is 7.43. The molecular weight excluding hydrogens is 368 g/mol. The van der Waals surface area contributed by atoms with Crippen LogP contribution in [0.4, 0.5) is 9.59 Å². The average molecular weight is 402 g/mol. The van der Waals surface area contributed by atoms with Crippen molar-refractivity contribution < 1.29 is 23.9 Å². The van der Waals surface area contributed by atoms with Crippen LogP contribution in [-0.4, -0.2) is 54.7 Å². The summed E-state index contributed by atoms with van der Waals surface area (Å²) >= 11 is 0. The van der Waals surface area contributed by atoms with Crippen LogP contribution >= 0.6 is 0 Å². The van der Waals surface area contributed by atoms with E-state index in [4.69, 9.17) is 21.9 Å². The number of nitrogens with one attached hydrogen (secondary N) is 3. The van der Waals surface area contributed by atoms with Gasteiger partial charge in [-0.1, -0.05) is 0 Å². The maximum Gasteiger partial charge on any atom is 0.407 e. The summed E-state index contributed by atoms with van der Waals surface area (Å²) in [6, 6.07) is -2.32. The molecule has 5 amide bonds. The molecule has 0 aromatic rings. The molecule has 162 valence electrons. The molecule has 0 saturated carbocycles. The second kappa shape index (κ2) is 12.8. The fraction of sp³-hybridized carbons (Fsp3) is 0.765. The third kappa shape index (κ3) is 13.6. The average Bonchev–Trinajstić information content (AvgIpc) is 2.54. The Labute approximate surface area is 165 Å². The maximum absolute atomic E-state index is 12.1. The van der Waals surface area contributed by atoms with Gasteiger partial charge in [0, 0.05) is 13.1 Å². The van der Waals surface area contributed by atoms with Gasteiger partial charge in [-0.3, -0.25) is 9.59 Å². The lowest BCUT2D eigenvalue weighted by molar-refractivity contribution is -0.128. The zero-order valence-corrected chi connectivity index (χ0v) is 16.9. The highest BCUT2D eigenvalue weighted by Crippen LogP contribution is 2.07. The molecule has 0 aliphatic carbocycles. The Kier molecular flexibility index (Phi) is 11.6. The molecule has 0 fully saturated rings. The SMILES string of the molecule is CC(C)(C)OC(=O)NCCCC[C@H](NC(=O)[C@@H](N)CCCNC(N)=O)C(N)=O. The van der Waals surface area contributed by atoms with Gasteiger partial charge in [0.1, 0.15) is 11.6 Å². The van der Waals surface area contributed by atoms with E-state index in [0.717, 1.165) is 0 Å². The number of amides is 5. The molecule has 11 nitrogen and oxygen atoms in total. The molecule has 11 heteroatoms. The van der Waals surface area contributed by atoms with Gasteiger partial charge in [0.25, 0.3) is 0 Å². The van der Waals surface area contributed by atoms with Crippen LogP contribution in [0.15, 0.2) is 0 Å². The molecule has 0 aliphatic rings. The van der Waals surface area contributed by atoms with E-state index >= 15 is 0 Å². The van der Waals surface area contributed by atoms with Crippen LogP contribution in [-0.2, 0) is 14.3 Å². The predicted octanol–water partition coefficient (Wildman–Crippen LogP) is -0.573. The highest BCUT2D eigenvalue weighted by atomic mass is 16.6. The molecule has 0 aliphatic heterocycles. The number of nitrogens with two attached hydrogens (primary N) is 3. The minimum Gasteiger partial charge on any atom is -0.444 e. The summed E-state index contributed by atoms with van der Waals surface area (Å²) in [7, 11) is 0. The molecule has 0 unspecified atom stereocenters. The Morgan fingerprint density at radius 2 is 1.54 bits per heavy atom. The summed E-state index contributed by atoms with van der Waals surface area (Å²) in [5.41, 5.74) is 15.5. The molecule has 9 N–H and O–H groups in total. The van der Waals surface area contributed by atoms with E-state index < -0.39 is 41.6 Å². The first-order valence-corrected chi connectivity index (χ1v) is 9.28. The summed E-state index contributed by atoms with van der Waals surface area (Å²) in [6.07, 6.45) is 1.74. The van der Waals surface area contributed by atoms with E-state index in [1.807, 2.05) is 0 Å². The number of ether oxygens (including phenoxy) is 1. The first-order valence-electron chi connectivity index (χ1n) is 9.28. The monoisotopic (exact) mass is 402 g/mol. The largest absolute Gasteiger partial charge is 0.444 e. The second-order valence-corrected chi connectivity index (χ2v) is 7.43.